The van der Waals surface area contributed by atoms with Crippen molar-refractivity contribution in [3.05, 3.63) is 18.0 Å². The van der Waals surface area contributed by atoms with Crippen molar-refractivity contribution < 1.29 is 22.7 Å². The number of nitrogens with one attached hydrogen (secondary N) is 1. The molecule has 1 N–H and O–H groups in total. The van der Waals surface area contributed by atoms with Gasteiger partial charge in [-0.05, 0) is 33.6 Å². The highest BCUT2D eigenvalue weighted by Gasteiger charge is 2.31. The SMILES string of the molecule is CC(C)(C)OC(=O)N1CCC(Nc2ncc(C(F)(F)F)cn2)CC1. The van der Waals surface area contributed by atoms with Crippen LogP contribution in [0.2, 0.25) is 0 Å². The summed E-state index contributed by atoms with van der Waals surface area (Å²) in [5.41, 5.74) is -1.42. The molecule has 0 bridgehead atoms. The van der Waals surface area contributed by atoms with E-state index in [0.717, 1.165) is 12.4 Å². The van der Waals surface area contributed by atoms with Crippen molar-refractivity contribution in [1.29, 1.82) is 0 Å². The maximum Gasteiger partial charge on any atom is 0.419 e. The van der Waals surface area contributed by atoms with Crippen LogP contribution in [0.25, 0.3) is 0 Å². The molecule has 6 nitrogen and oxygen atoms in total. The third-order valence-electron chi connectivity index (χ3n) is 3.46. The molecule has 1 saturated heterocycles. The minimum atomic E-state index is -4.45. The Morgan fingerprint density at radius 2 is 1.75 bits per heavy atom. The molecule has 0 spiro atoms. The van der Waals surface area contributed by atoms with Crippen molar-refractivity contribution >= 4 is 12.0 Å². The average molecular weight is 346 g/mol. The van der Waals surface area contributed by atoms with Crippen molar-refractivity contribution in [3.63, 3.8) is 0 Å². The second-order valence-corrected chi connectivity index (χ2v) is 6.68. The Morgan fingerprint density at radius 1 is 1.21 bits per heavy atom. The number of halogens is 3. The second-order valence-electron chi connectivity index (χ2n) is 6.68. The molecule has 1 aliphatic heterocycles. The van der Waals surface area contributed by atoms with Gasteiger partial charge in [0.05, 0.1) is 5.56 Å². The fourth-order valence-electron chi connectivity index (χ4n) is 2.26. The fraction of sp³-hybridized carbons (Fsp3) is 0.667. The lowest BCUT2D eigenvalue weighted by atomic mass is 10.1. The van der Waals surface area contributed by atoms with E-state index in [4.69, 9.17) is 4.74 Å². The van der Waals surface area contributed by atoms with Crippen molar-refractivity contribution in [1.82, 2.24) is 14.9 Å². The summed E-state index contributed by atoms with van der Waals surface area (Å²) in [6.07, 6.45) is -2.01. The van der Waals surface area contributed by atoms with Gasteiger partial charge >= 0.3 is 12.3 Å². The van der Waals surface area contributed by atoms with Crippen molar-refractivity contribution in [2.75, 3.05) is 18.4 Å². The van der Waals surface area contributed by atoms with E-state index < -0.39 is 17.3 Å². The number of hydrogen-bond donors (Lipinski definition) is 1. The van der Waals surface area contributed by atoms with Crippen molar-refractivity contribution in [2.24, 2.45) is 0 Å². The van der Waals surface area contributed by atoms with Crippen LogP contribution in [0, 0.1) is 0 Å². The molecule has 2 heterocycles. The molecular formula is C15H21F3N4O2. The standard InChI is InChI=1S/C15H21F3N4O2/c1-14(2,3)24-13(23)22-6-4-11(5-7-22)21-12-19-8-10(9-20-12)15(16,17)18/h8-9,11H,4-7H2,1-3H3,(H,19,20,21). The highest BCUT2D eigenvalue weighted by Crippen LogP contribution is 2.28. The summed E-state index contributed by atoms with van der Waals surface area (Å²) in [6.45, 7) is 6.43. The van der Waals surface area contributed by atoms with Crippen molar-refractivity contribution in [3.8, 4) is 0 Å². The maximum atomic E-state index is 12.5. The van der Waals surface area contributed by atoms with Gasteiger partial charge in [-0.2, -0.15) is 13.2 Å². The van der Waals surface area contributed by atoms with Crippen LogP contribution in [0.4, 0.5) is 23.9 Å². The number of carbonyl (C=O) groups excluding carboxylic acids is 1. The number of anilines is 1. The molecule has 1 amide bonds. The molecule has 1 aliphatic rings. The molecule has 1 aromatic rings. The van der Waals surface area contributed by atoms with Gasteiger partial charge in [0.2, 0.25) is 5.95 Å². The molecule has 0 unspecified atom stereocenters. The van der Waals surface area contributed by atoms with Gasteiger partial charge in [0.15, 0.2) is 0 Å². The molecule has 24 heavy (non-hydrogen) atoms. The minimum absolute atomic E-state index is 0.000392. The number of carbonyl (C=O) groups is 1. The van der Waals surface area contributed by atoms with Gasteiger partial charge in [0, 0.05) is 31.5 Å². The molecular weight excluding hydrogens is 325 g/mol. The molecule has 1 fully saturated rings. The quantitative estimate of drug-likeness (QED) is 0.890. The van der Waals surface area contributed by atoms with Crippen LogP contribution in [-0.2, 0) is 10.9 Å². The normalized spacial score (nSPS) is 16.8. The van der Waals surface area contributed by atoms with E-state index in [1.54, 1.807) is 25.7 Å². The number of ether oxygens (including phenoxy) is 1. The lowest BCUT2D eigenvalue weighted by Crippen LogP contribution is -2.44. The highest BCUT2D eigenvalue weighted by molar-refractivity contribution is 5.68. The Balaban J connectivity index is 1.84. The van der Waals surface area contributed by atoms with Crippen LogP contribution in [0.5, 0.6) is 0 Å². The lowest BCUT2D eigenvalue weighted by Gasteiger charge is -2.33. The number of nitrogens with zero attached hydrogens (tertiary/aromatic N) is 3. The number of alkyl halides is 3. The zero-order chi connectivity index (χ0) is 18.0. The topological polar surface area (TPSA) is 67.3 Å². The van der Waals surface area contributed by atoms with Gasteiger partial charge < -0.3 is 15.0 Å². The Morgan fingerprint density at radius 3 is 2.21 bits per heavy atom. The summed E-state index contributed by atoms with van der Waals surface area (Å²) < 4.78 is 42.7. The predicted octanol–water partition coefficient (Wildman–Crippen LogP) is 3.31. The first-order valence-electron chi connectivity index (χ1n) is 7.68. The smallest absolute Gasteiger partial charge is 0.419 e. The third kappa shape index (κ3) is 5.24. The van der Waals surface area contributed by atoms with E-state index in [9.17, 15) is 18.0 Å². The number of hydrogen-bond acceptors (Lipinski definition) is 5. The number of rotatable bonds is 2. The van der Waals surface area contributed by atoms with Gasteiger partial charge in [-0.1, -0.05) is 0 Å². The summed E-state index contributed by atoms with van der Waals surface area (Å²) in [6, 6.07) is 0.000392. The number of piperidine rings is 1. The predicted molar refractivity (Wildman–Crippen MR) is 81.5 cm³/mol. The fourth-order valence-corrected chi connectivity index (χ4v) is 2.26. The van der Waals surface area contributed by atoms with Crippen LogP contribution >= 0.6 is 0 Å². The Bertz CT molecular complexity index is 562. The number of amides is 1. The second kappa shape index (κ2) is 6.82. The summed E-state index contributed by atoms with van der Waals surface area (Å²) in [5.74, 6) is 0.152. The van der Waals surface area contributed by atoms with Gasteiger partial charge in [0.25, 0.3) is 0 Å². The molecule has 0 saturated carbocycles. The molecule has 0 aromatic carbocycles. The molecule has 0 aliphatic carbocycles. The summed E-state index contributed by atoms with van der Waals surface area (Å²) in [7, 11) is 0. The van der Waals surface area contributed by atoms with Crippen LogP contribution in [-0.4, -0.2) is 45.7 Å². The first-order chi connectivity index (χ1) is 11.0. The monoisotopic (exact) mass is 346 g/mol. The van der Waals surface area contributed by atoms with E-state index in [2.05, 4.69) is 15.3 Å². The zero-order valence-electron chi connectivity index (χ0n) is 13.9. The minimum Gasteiger partial charge on any atom is -0.444 e. The van der Waals surface area contributed by atoms with Gasteiger partial charge in [-0.25, -0.2) is 14.8 Å². The first-order valence-corrected chi connectivity index (χ1v) is 7.68. The number of aromatic nitrogens is 2. The lowest BCUT2D eigenvalue weighted by molar-refractivity contribution is -0.138. The molecule has 9 heteroatoms. The Labute approximate surface area is 138 Å². The van der Waals surface area contributed by atoms with E-state index in [-0.39, 0.29) is 18.1 Å². The van der Waals surface area contributed by atoms with Crippen LogP contribution in [0.15, 0.2) is 12.4 Å². The molecule has 134 valence electrons. The van der Waals surface area contributed by atoms with Gasteiger partial charge in [-0.15, -0.1) is 0 Å². The molecule has 0 radical (unpaired) electrons. The third-order valence-corrected chi connectivity index (χ3v) is 3.46. The molecule has 1 aromatic heterocycles. The van der Waals surface area contributed by atoms with Crippen LogP contribution in [0.3, 0.4) is 0 Å². The van der Waals surface area contributed by atoms with E-state index in [1.165, 1.54) is 0 Å². The van der Waals surface area contributed by atoms with Gasteiger partial charge in [0.1, 0.15) is 5.60 Å². The highest BCUT2D eigenvalue weighted by atomic mass is 19.4. The first kappa shape index (κ1) is 18.3. The summed E-state index contributed by atoms with van der Waals surface area (Å²) in [4.78, 5) is 21.0. The number of likely N-dealkylation sites (tertiary alicyclic amines) is 1. The zero-order valence-corrected chi connectivity index (χ0v) is 13.9. The Kier molecular flexibility index (Phi) is 5.19. The van der Waals surface area contributed by atoms with Crippen LogP contribution < -0.4 is 5.32 Å². The Hall–Kier alpha value is -2.06. The van der Waals surface area contributed by atoms with E-state index >= 15 is 0 Å². The van der Waals surface area contributed by atoms with Crippen LogP contribution in [0.1, 0.15) is 39.2 Å². The van der Waals surface area contributed by atoms with E-state index in [1.807, 2.05) is 0 Å². The largest absolute Gasteiger partial charge is 0.444 e. The molecule has 0 atom stereocenters. The summed E-state index contributed by atoms with van der Waals surface area (Å²) >= 11 is 0. The summed E-state index contributed by atoms with van der Waals surface area (Å²) in [5, 5.41) is 3.00. The maximum absolute atomic E-state index is 12.5. The van der Waals surface area contributed by atoms with Gasteiger partial charge in [-0.3, -0.25) is 0 Å². The van der Waals surface area contributed by atoms with Crippen molar-refractivity contribution in [2.45, 2.75) is 51.4 Å². The van der Waals surface area contributed by atoms with E-state index in [0.29, 0.717) is 25.9 Å². The average Bonchev–Trinajstić information content (AvgIpc) is 2.46. The molecule has 2 rings (SSSR count).